The molecule has 3 aromatic rings. The highest BCUT2D eigenvalue weighted by atomic mass is 16.5. The predicted octanol–water partition coefficient (Wildman–Crippen LogP) is 2.83. The van der Waals surface area contributed by atoms with E-state index in [1.165, 1.54) is 0 Å². The summed E-state index contributed by atoms with van der Waals surface area (Å²) < 4.78 is 11.4. The number of aliphatic hydroxyl groups is 1. The number of ether oxygens (including phenoxy) is 2. The monoisotopic (exact) mass is 466 g/mol. The highest BCUT2D eigenvalue weighted by Crippen LogP contribution is 2.30. The van der Waals surface area contributed by atoms with Crippen LogP contribution < -0.4 is 10.1 Å². The van der Waals surface area contributed by atoms with Crippen LogP contribution in [0.3, 0.4) is 0 Å². The molecule has 1 amide bonds. The third-order valence-electron chi connectivity index (χ3n) is 6.21. The van der Waals surface area contributed by atoms with Gasteiger partial charge in [-0.1, -0.05) is 18.2 Å². The van der Waals surface area contributed by atoms with Crippen molar-refractivity contribution in [3.63, 3.8) is 0 Å². The number of β-amino-alcohol motifs (C(OH)–C–C–N with tert-alkyl or cyclic N) is 1. The number of hydrogen-bond donors (Lipinski definition) is 3. The number of carbonyl (C=O) groups excluding carboxylic acids is 1. The number of pyridine rings is 1. The summed E-state index contributed by atoms with van der Waals surface area (Å²) in [6.07, 6.45) is 4.92. The number of morpholine rings is 1. The van der Waals surface area contributed by atoms with Gasteiger partial charge in [-0.3, -0.25) is 9.78 Å². The van der Waals surface area contributed by atoms with Crippen LogP contribution in [0, 0.1) is 0 Å². The number of benzene rings is 1. The number of fused-ring (bicyclic) bond motifs is 1. The average Bonchev–Trinajstić information content (AvgIpc) is 3.26. The van der Waals surface area contributed by atoms with Crippen LogP contribution in [0.15, 0.2) is 48.9 Å². The average molecular weight is 467 g/mol. The normalized spacial score (nSPS) is 16.4. The Hall–Kier alpha value is -2.94. The Morgan fingerprint density at radius 1 is 1.29 bits per heavy atom. The van der Waals surface area contributed by atoms with Gasteiger partial charge in [0, 0.05) is 54.7 Å². The van der Waals surface area contributed by atoms with Crippen molar-refractivity contribution in [1.29, 1.82) is 0 Å². The maximum Gasteiger partial charge on any atom is 0.263 e. The quantitative estimate of drug-likeness (QED) is 0.449. The Bertz CT molecular complexity index is 1090. The molecule has 3 heterocycles. The SMILES string of the molecule is C[C@H](Oc1cccc2c(CC(C)(C)NC[C@H](O)c3cccnc3)c[nH]c12)C(=O)N1CCOCC1. The summed E-state index contributed by atoms with van der Waals surface area (Å²) in [5.74, 6) is 0.639. The number of hydrogen-bond acceptors (Lipinski definition) is 6. The molecule has 0 unspecified atom stereocenters. The van der Waals surface area contributed by atoms with Gasteiger partial charge in [0.15, 0.2) is 6.10 Å². The zero-order chi connectivity index (χ0) is 24.1. The molecule has 8 nitrogen and oxygen atoms in total. The summed E-state index contributed by atoms with van der Waals surface area (Å²) in [6, 6.07) is 9.60. The lowest BCUT2D eigenvalue weighted by Gasteiger charge is -2.29. The molecule has 0 spiro atoms. The van der Waals surface area contributed by atoms with Crippen molar-refractivity contribution in [2.45, 2.75) is 44.9 Å². The molecule has 0 radical (unpaired) electrons. The minimum Gasteiger partial charge on any atom is -0.479 e. The van der Waals surface area contributed by atoms with Gasteiger partial charge in [-0.15, -0.1) is 0 Å². The van der Waals surface area contributed by atoms with Gasteiger partial charge in [-0.2, -0.15) is 0 Å². The Balaban J connectivity index is 1.42. The Morgan fingerprint density at radius 2 is 2.09 bits per heavy atom. The summed E-state index contributed by atoms with van der Waals surface area (Å²) in [7, 11) is 0. The highest BCUT2D eigenvalue weighted by Gasteiger charge is 2.25. The number of H-pyrrole nitrogens is 1. The largest absolute Gasteiger partial charge is 0.479 e. The minimum atomic E-state index is -0.624. The molecule has 3 N–H and O–H groups in total. The van der Waals surface area contributed by atoms with E-state index >= 15 is 0 Å². The first kappa shape index (κ1) is 24.2. The highest BCUT2D eigenvalue weighted by molar-refractivity contribution is 5.89. The van der Waals surface area contributed by atoms with Crippen molar-refractivity contribution in [2.24, 2.45) is 0 Å². The molecular weight excluding hydrogens is 432 g/mol. The maximum atomic E-state index is 12.8. The predicted molar refractivity (Wildman–Crippen MR) is 131 cm³/mol. The molecule has 1 fully saturated rings. The molecule has 182 valence electrons. The summed E-state index contributed by atoms with van der Waals surface area (Å²) in [5.41, 5.74) is 2.56. The Kier molecular flexibility index (Phi) is 7.50. The van der Waals surface area contributed by atoms with E-state index in [4.69, 9.17) is 9.47 Å². The fourth-order valence-corrected chi connectivity index (χ4v) is 4.31. The molecule has 1 aromatic carbocycles. The Morgan fingerprint density at radius 3 is 2.82 bits per heavy atom. The molecule has 4 rings (SSSR count). The molecule has 0 saturated carbocycles. The topological polar surface area (TPSA) is 99.7 Å². The van der Waals surface area contributed by atoms with Crippen LogP contribution in [-0.2, 0) is 16.0 Å². The zero-order valence-electron chi connectivity index (χ0n) is 20.1. The van der Waals surface area contributed by atoms with Crippen LogP contribution in [0.25, 0.3) is 10.9 Å². The summed E-state index contributed by atoms with van der Waals surface area (Å²) in [6.45, 7) is 8.78. The summed E-state index contributed by atoms with van der Waals surface area (Å²) >= 11 is 0. The second-order valence-electron chi connectivity index (χ2n) is 9.43. The van der Waals surface area contributed by atoms with Gasteiger partial charge in [0.05, 0.1) is 24.8 Å². The molecular formula is C26H34N4O4. The van der Waals surface area contributed by atoms with E-state index in [9.17, 15) is 9.90 Å². The number of nitrogens with one attached hydrogen (secondary N) is 2. The molecule has 34 heavy (non-hydrogen) atoms. The third kappa shape index (κ3) is 5.75. The minimum absolute atomic E-state index is 0.0235. The molecule has 8 heteroatoms. The molecule has 2 aromatic heterocycles. The molecule has 1 aliphatic rings. The van der Waals surface area contributed by atoms with Crippen LogP contribution >= 0.6 is 0 Å². The van der Waals surface area contributed by atoms with Gasteiger partial charge in [0.1, 0.15) is 5.75 Å². The van der Waals surface area contributed by atoms with Crippen LogP contribution in [0.4, 0.5) is 0 Å². The standard InChI is InChI=1S/C26H34N4O4/c1-18(25(32)30-10-12-33-13-11-30)34-23-8-4-7-21-20(16-28-24(21)23)14-26(2,3)29-17-22(31)19-6-5-9-27-15-19/h4-9,15-16,18,22,28-29,31H,10-14,17H2,1-3H3/t18-,22-/m0/s1. The molecule has 2 atom stereocenters. The van der Waals surface area contributed by atoms with Crippen molar-refractivity contribution in [3.8, 4) is 5.75 Å². The van der Waals surface area contributed by atoms with E-state index in [1.807, 2.05) is 30.5 Å². The van der Waals surface area contributed by atoms with E-state index < -0.39 is 12.2 Å². The first-order valence-corrected chi connectivity index (χ1v) is 11.8. The summed E-state index contributed by atoms with van der Waals surface area (Å²) in [4.78, 5) is 22.0. The molecule has 0 bridgehead atoms. The second kappa shape index (κ2) is 10.5. The molecule has 1 aliphatic heterocycles. The van der Waals surface area contributed by atoms with Crippen molar-refractivity contribution in [3.05, 3.63) is 60.0 Å². The second-order valence-corrected chi connectivity index (χ2v) is 9.43. The lowest BCUT2D eigenvalue weighted by Crippen LogP contribution is -2.46. The van der Waals surface area contributed by atoms with Gasteiger partial charge in [0.25, 0.3) is 5.91 Å². The van der Waals surface area contributed by atoms with E-state index in [-0.39, 0.29) is 11.4 Å². The molecule has 0 aliphatic carbocycles. The Labute approximate surface area is 200 Å². The van der Waals surface area contributed by atoms with Crippen LogP contribution in [0.1, 0.15) is 38.0 Å². The van der Waals surface area contributed by atoms with Gasteiger partial charge in [-0.25, -0.2) is 0 Å². The van der Waals surface area contributed by atoms with Crippen LogP contribution in [0.5, 0.6) is 5.75 Å². The fourth-order valence-electron chi connectivity index (χ4n) is 4.31. The number of aliphatic hydroxyl groups excluding tert-OH is 1. The van der Waals surface area contributed by atoms with Crippen LogP contribution in [-0.4, -0.2) is 70.4 Å². The molecule has 1 saturated heterocycles. The van der Waals surface area contributed by atoms with E-state index in [0.717, 1.165) is 28.5 Å². The third-order valence-corrected chi connectivity index (χ3v) is 6.21. The zero-order valence-corrected chi connectivity index (χ0v) is 20.1. The van der Waals surface area contributed by atoms with Crippen molar-refractivity contribution in [1.82, 2.24) is 20.2 Å². The lowest BCUT2D eigenvalue weighted by atomic mass is 9.94. The van der Waals surface area contributed by atoms with Crippen molar-refractivity contribution >= 4 is 16.8 Å². The van der Waals surface area contributed by atoms with Gasteiger partial charge >= 0.3 is 0 Å². The number of rotatable bonds is 9. The fraction of sp³-hybridized carbons (Fsp3) is 0.462. The first-order chi connectivity index (χ1) is 16.3. The number of para-hydroxylation sites is 1. The van der Waals surface area contributed by atoms with Gasteiger partial charge in [-0.05, 0) is 44.9 Å². The van der Waals surface area contributed by atoms with Crippen molar-refractivity contribution < 1.29 is 19.4 Å². The number of amides is 1. The summed E-state index contributed by atoms with van der Waals surface area (Å²) in [5, 5.41) is 15.0. The maximum absolute atomic E-state index is 12.8. The van der Waals surface area contributed by atoms with E-state index in [0.29, 0.717) is 38.6 Å². The number of nitrogens with zero attached hydrogens (tertiary/aromatic N) is 2. The van der Waals surface area contributed by atoms with Crippen molar-refractivity contribution in [2.75, 3.05) is 32.8 Å². The number of carbonyl (C=O) groups is 1. The van der Waals surface area contributed by atoms with Crippen LogP contribution in [0.2, 0.25) is 0 Å². The first-order valence-electron chi connectivity index (χ1n) is 11.8. The number of aromatic amines is 1. The van der Waals surface area contributed by atoms with Gasteiger partial charge < -0.3 is 29.8 Å². The van der Waals surface area contributed by atoms with Gasteiger partial charge in [0.2, 0.25) is 0 Å². The van der Waals surface area contributed by atoms with E-state index in [2.05, 4.69) is 35.2 Å². The lowest BCUT2D eigenvalue weighted by molar-refractivity contribution is -0.142. The van der Waals surface area contributed by atoms with E-state index in [1.54, 1.807) is 24.2 Å². The smallest absolute Gasteiger partial charge is 0.263 e. The number of aromatic nitrogens is 2.